The molecule has 5 fully saturated rings. The second-order valence-electron chi connectivity index (χ2n) is 32.3. The lowest BCUT2D eigenvalue weighted by molar-refractivity contribution is 0.255. The Labute approximate surface area is 677 Å². The summed E-state index contributed by atoms with van der Waals surface area (Å²) in [6, 6.07) is 31.5. The smallest absolute Gasteiger partial charge is 0.258 e. The van der Waals surface area contributed by atoms with E-state index in [1.807, 2.05) is 159 Å². The number of fused-ring (bicyclic) bond motifs is 8. The minimum absolute atomic E-state index is 0.0623. The van der Waals surface area contributed by atoms with Gasteiger partial charge in [-0.1, -0.05) is 6.07 Å². The SMILES string of the molecule is Cc1cn2cc(-c3cc(=O)n4cc(C5CCN(C)CC5)ccc4n3)cc(F)c2n1.Cc1cn2cc(-c3cc(=O)n4cc(N5CCN(C)CC5)ccc4n3)cc(C#N)c2n1.Cc1cn2cc(-c3cc(=O)n4cc(N5CCN(C)CC5)ccc4n3)cc(C)c2n1.Cc1cn2cc(-c3cc(=O)n4cc(N5CCNC6(CC6)C5)ccc4n3)cc(C)c2n1. The van der Waals surface area contributed by atoms with Gasteiger partial charge in [-0.05, 0) is 191 Å². The molecule has 1 N–H and O–H groups in total. The molecule has 21 rings (SSSR count). The summed E-state index contributed by atoms with van der Waals surface area (Å²) in [5.41, 5.74) is 20.9. The molecule has 0 aromatic carbocycles. The highest BCUT2D eigenvalue weighted by molar-refractivity contribution is 5.72. The first-order chi connectivity index (χ1) is 57.0. The van der Waals surface area contributed by atoms with E-state index >= 15 is 0 Å². The van der Waals surface area contributed by atoms with Crippen molar-refractivity contribution in [1.29, 1.82) is 5.26 Å². The maximum Gasteiger partial charge on any atom is 0.258 e. The van der Waals surface area contributed by atoms with Crippen LogP contribution >= 0.6 is 0 Å². The van der Waals surface area contributed by atoms with Gasteiger partial charge in [0.15, 0.2) is 17.1 Å². The third kappa shape index (κ3) is 15.3. The molecule has 5 aliphatic rings. The van der Waals surface area contributed by atoms with E-state index in [1.54, 1.807) is 52.6 Å². The first kappa shape index (κ1) is 76.2. The lowest BCUT2D eigenvalue weighted by Crippen LogP contribution is -2.52. The Morgan fingerprint density at radius 3 is 1.19 bits per heavy atom. The molecule has 0 bridgehead atoms. The number of nitriles is 1. The molecule has 1 aliphatic carbocycles. The summed E-state index contributed by atoms with van der Waals surface area (Å²) in [5.74, 6) is 0.0263. The molecule has 29 heteroatoms. The van der Waals surface area contributed by atoms with Crippen LogP contribution in [0.3, 0.4) is 0 Å². The maximum atomic E-state index is 14.4. The molecule has 28 nitrogen and oxygen atoms in total. The van der Waals surface area contributed by atoms with Crippen molar-refractivity contribution in [2.24, 2.45) is 0 Å². The van der Waals surface area contributed by atoms with Gasteiger partial charge in [0.1, 0.15) is 40.0 Å². The van der Waals surface area contributed by atoms with Gasteiger partial charge in [0.25, 0.3) is 22.2 Å². The Kier molecular flexibility index (Phi) is 19.9. The van der Waals surface area contributed by atoms with Crippen molar-refractivity contribution in [3.05, 3.63) is 264 Å². The van der Waals surface area contributed by atoms with Gasteiger partial charge in [0, 0.05) is 198 Å². The van der Waals surface area contributed by atoms with Crippen molar-refractivity contribution in [3.63, 3.8) is 0 Å². The number of hydrogen-bond acceptors (Lipinski definition) is 20. The summed E-state index contributed by atoms with van der Waals surface area (Å²) in [5, 5.41) is 13.1. The maximum absolute atomic E-state index is 14.4. The molecule has 0 atom stereocenters. The molecule has 16 aromatic heterocycles. The number of rotatable bonds is 8. The number of hydrogen-bond donors (Lipinski definition) is 1. The van der Waals surface area contributed by atoms with Gasteiger partial charge in [-0.3, -0.25) is 36.8 Å². The molecule has 1 spiro atoms. The number of aromatic nitrogens is 16. The van der Waals surface area contributed by atoms with Gasteiger partial charge in [-0.2, -0.15) is 5.26 Å². The van der Waals surface area contributed by atoms with Crippen LogP contribution in [0.5, 0.6) is 0 Å². The number of likely N-dealkylation sites (tertiary alicyclic amines) is 1. The van der Waals surface area contributed by atoms with E-state index in [0.717, 1.165) is 171 Å². The van der Waals surface area contributed by atoms with Gasteiger partial charge < -0.3 is 52.3 Å². The number of halogens is 1. The van der Waals surface area contributed by atoms with E-state index in [2.05, 4.69) is 110 Å². The number of pyridine rings is 8. The molecular formula is C89H91FN24O4. The number of likely N-dealkylation sites (N-methyl/N-ethyl adjacent to an activating group) is 2. The number of nitrogens with zero attached hydrogens (tertiary/aromatic N) is 23. The summed E-state index contributed by atoms with van der Waals surface area (Å²) < 4.78 is 28.4. The fraction of sp³-hybridized carbons (Fsp3) is 0.315. The van der Waals surface area contributed by atoms with Gasteiger partial charge in [-0.15, -0.1) is 0 Å². The Balaban J connectivity index is 0.000000108. The zero-order valence-corrected chi connectivity index (χ0v) is 67.6. The first-order valence-corrected chi connectivity index (χ1v) is 40.1. The topological polar surface area (TPSA) is 262 Å². The summed E-state index contributed by atoms with van der Waals surface area (Å²) in [4.78, 5) is 102. The van der Waals surface area contributed by atoms with Crippen LogP contribution < -0.4 is 42.3 Å². The Morgan fingerprint density at radius 1 is 0.390 bits per heavy atom. The molecule has 20 heterocycles. The summed E-state index contributed by atoms with van der Waals surface area (Å²) in [6.07, 6.45) is 27.4. The fourth-order valence-electron chi connectivity index (χ4n) is 16.7. The second-order valence-corrected chi connectivity index (χ2v) is 32.3. The average molecular weight is 1580 g/mol. The van der Waals surface area contributed by atoms with E-state index in [9.17, 15) is 28.8 Å². The Hall–Kier alpha value is -13.1. The normalized spacial score (nSPS) is 16.1. The van der Waals surface area contributed by atoms with Crippen LogP contribution in [-0.4, -0.2) is 202 Å². The fourth-order valence-corrected chi connectivity index (χ4v) is 16.7. The quantitative estimate of drug-likeness (QED) is 0.148. The van der Waals surface area contributed by atoms with Crippen molar-refractivity contribution >= 4 is 62.2 Å². The number of piperazine rings is 3. The van der Waals surface area contributed by atoms with Crippen LogP contribution in [0.1, 0.15) is 76.6 Å². The molecule has 16 aromatic rings. The van der Waals surface area contributed by atoms with Crippen molar-refractivity contribution in [2.75, 3.05) is 121 Å². The van der Waals surface area contributed by atoms with Crippen molar-refractivity contribution in [1.82, 2.24) is 95.1 Å². The van der Waals surface area contributed by atoms with Gasteiger partial charge in [0.2, 0.25) is 0 Å². The van der Waals surface area contributed by atoms with Gasteiger partial charge in [0.05, 0.1) is 68.2 Å². The number of piperidine rings is 1. The van der Waals surface area contributed by atoms with Crippen molar-refractivity contribution < 1.29 is 4.39 Å². The van der Waals surface area contributed by atoms with E-state index in [1.165, 1.54) is 36.6 Å². The second kappa shape index (κ2) is 30.8. The lowest BCUT2D eigenvalue weighted by Gasteiger charge is -2.35. The molecule has 0 unspecified atom stereocenters. The molecule has 4 saturated heterocycles. The van der Waals surface area contributed by atoms with Crippen LogP contribution in [0.2, 0.25) is 0 Å². The molecule has 0 radical (unpaired) electrons. The number of imidazole rings is 4. The Morgan fingerprint density at radius 2 is 0.754 bits per heavy atom. The average Bonchev–Trinajstić information content (AvgIpc) is 1.57. The number of anilines is 3. The van der Waals surface area contributed by atoms with E-state index < -0.39 is 5.82 Å². The number of nitrogens with one attached hydrogen (secondary N) is 1. The molecule has 118 heavy (non-hydrogen) atoms. The summed E-state index contributed by atoms with van der Waals surface area (Å²) in [7, 11) is 6.39. The van der Waals surface area contributed by atoms with Gasteiger partial charge in [-0.25, -0.2) is 44.3 Å². The monoisotopic (exact) mass is 1580 g/mol. The Bertz CT molecular complexity index is 6750. The van der Waals surface area contributed by atoms with Crippen LogP contribution in [-0.2, 0) is 0 Å². The standard InChI is InChI=1S/C23H24N6O.C22H22FN5O.C22H21N7O.C22H24N6O/c1-15-9-17(12-28-11-16(2)25-22(15)28)19-10-21(30)29-13-18(3-4-20(29)26-19)27-8-7-24-23(14-27)5-6-23;1-14-11-27-12-17(9-18(23)22(27)24-14)19-10-21(29)28-13-16(3-4-20(28)25-19)15-5-7-26(2)8-6-15;1-15-12-28-13-17(9-16(11-23)22(28)24-15)19-10-21(30)29-14-18(3-4-20(29)25-19)27-7-5-26(2)6-8-27;1-15-10-17(13-27-12-16(2)23-22(15)27)19-11-21(29)28-14-18(4-5-20(28)24-19)26-8-6-25(3)7-9-26/h3-4,9-13,24H,5-8,14H2,1-2H3;3-4,9-13,15H,5-8H2,1-2H3;3-4,9-10,12-14H,5-8H2,1-2H3;4-5,10-14H,6-9H2,1-3H3. The number of aryl methyl sites for hydroxylation is 6. The zero-order valence-electron chi connectivity index (χ0n) is 67.6. The van der Waals surface area contributed by atoms with Crippen molar-refractivity contribution in [2.45, 2.75) is 78.7 Å². The van der Waals surface area contributed by atoms with Crippen LogP contribution in [0.4, 0.5) is 21.5 Å². The predicted molar refractivity (Wildman–Crippen MR) is 457 cm³/mol. The molecular weight excluding hydrogens is 1490 g/mol. The van der Waals surface area contributed by atoms with E-state index in [0.29, 0.717) is 79.2 Å². The zero-order chi connectivity index (χ0) is 81.5. The lowest BCUT2D eigenvalue weighted by atomic mass is 9.91. The van der Waals surface area contributed by atoms with E-state index in [4.69, 9.17) is 9.97 Å². The highest BCUT2D eigenvalue weighted by atomic mass is 19.1. The highest BCUT2D eigenvalue weighted by Gasteiger charge is 2.45. The van der Waals surface area contributed by atoms with E-state index in [-0.39, 0.29) is 27.9 Å². The molecule has 598 valence electrons. The largest absolute Gasteiger partial charge is 0.368 e. The molecule has 1 saturated carbocycles. The molecule has 4 aliphatic heterocycles. The predicted octanol–water partition coefficient (Wildman–Crippen LogP) is 10.2. The minimum Gasteiger partial charge on any atom is -0.368 e. The summed E-state index contributed by atoms with van der Waals surface area (Å²) >= 11 is 0. The highest BCUT2D eigenvalue weighted by Crippen LogP contribution is 2.39. The summed E-state index contributed by atoms with van der Waals surface area (Å²) in [6.45, 7) is 24.6. The minimum atomic E-state index is -0.435. The third-order valence-electron chi connectivity index (χ3n) is 23.4. The van der Waals surface area contributed by atoms with Crippen LogP contribution in [0.25, 0.3) is 90.2 Å². The molecule has 0 amide bonds. The third-order valence-corrected chi connectivity index (χ3v) is 23.4. The van der Waals surface area contributed by atoms with Gasteiger partial charge >= 0.3 is 0 Å². The van der Waals surface area contributed by atoms with Crippen LogP contribution in [0, 0.1) is 58.7 Å². The first-order valence-electron chi connectivity index (χ1n) is 40.1. The van der Waals surface area contributed by atoms with Crippen molar-refractivity contribution in [3.8, 4) is 51.1 Å². The van der Waals surface area contributed by atoms with Crippen LogP contribution in [0.15, 0.2) is 191 Å².